The molecule has 6 heteroatoms. The van der Waals surface area contributed by atoms with Crippen LogP contribution in [0.2, 0.25) is 0 Å². The molecule has 0 aliphatic carbocycles. The number of H-pyrrole nitrogens is 2. The van der Waals surface area contributed by atoms with Crippen LogP contribution >= 0.6 is 24.4 Å². The zero-order chi connectivity index (χ0) is 10.3. The van der Waals surface area contributed by atoms with E-state index in [1.165, 1.54) is 0 Å². The van der Waals surface area contributed by atoms with Gasteiger partial charge >= 0.3 is 0 Å². The third kappa shape index (κ3) is 1.36. The van der Waals surface area contributed by atoms with Crippen LogP contribution < -0.4 is 0 Å². The summed E-state index contributed by atoms with van der Waals surface area (Å²) in [4.78, 5) is 8.70. The number of aromatic nitrogens is 4. The highest BCUT2D eigenvalue weighted by Crippen LogP contribution is 2.12. The lowest BCUT2D eigenvalue weighted by Gasteiger charge is -2.01. The van der Waals surface area contributed by atoms with Crippen LogP contribution in [0.1, 0.15) is 11.4 Å². The van der Waals surface area contributed by atoms with Crippen LogP contribution in [0.3, 0.4) is 0 Å². The van der Waals surface area contributed by atoms with Gasteiger partial charge in [0.25, 0.3) is 0 Å². The number of hydrogen-bond donors (Lipinski definition) is 2. The third-order valence-corrected chi connectivity index (χ3v) is 2.62. The molecule has 0 aromatic carbocycles. The molecule has 2 heterocycles. The summed E-state index contributed by atoms with van der Waals surface area (Å²) >= 11 is 10.2. The van der Waals surface area contributed by atoms with Gasteiger partial charge in [-0.2, -0.15) is 0 Å². The lowest BCUT2D eigenvalue weighted by molar-refractivity contribution is 0.991. The van der Waals surface area contributed by atoms with E-state index in [1.807, 2.05) is 13.8 Å². The van der Waals surface area contributed by atoms with Gasteiger partial charge in [-0.05, 0) is 13.8 Å². The number of nitrogens with zero attached hydrogens (tertiary/aromatic N) is 2. The number of aryl methyl sites for hydroxylation is 2. The predicted molar refractivity (Wildman–Crippen MR) is 59.4 cm³/mol. The molecule has 2 N–H and O–H groups in total. The normalized spacial score (nSPS) is 10.7. The molecular weight excluding hydrogens is 216 g/mol. The highest BCUT2D eigenvalue weighted by molar-refractivity contribution is 7.72. The van der Waals surface area contributed by atoms with Crippen LogP contribution in [0.25, 0.3) is 11.0 Å². The number of aromatic amines is 2. The maximum absolute atomic E-state index is 5.08. The molecule has 0 fully saturated rings. The average Bonchev–Trinajstić information content (AvgIpc) is 2.15. The van der Waals surface area contributed by atoms with E-state index >= 15 is 0 Å². The summed E-state index contributed by atoms with van der Waals surface area (Å²) in [5, 5.41) is 5.54. The standard InChI is InChI=1S/C8H8N4S2/c1-3-4(2)10-6-5(9-3)7(13)11-12-8(6)14/h1-2H3,(H,11,13)(H,12,14). The van der Waals surface area contributed by atoms with Crippen LogP contribution in [-0.2, 0) is 0 Å². The fourth-order valence-corrected chi connectivity index (χ4v) is 1.54. The Bertz CT molecular complexity index is 556. The maximum Gasteiger partial charge on any atom is 0.146 e. The van der Waals surface area contributed by atoms with E-state index in [4.69, 9.17) is 24.4 Å². The second kappa shape index (κ2) is 3.21. The zero-order valence-corrected chi connectivity index (χ0v) is 9.34. The molecule has 72 valence electrons. The Kier molecular flexibility index (Phi) is 2.16. The van der Waals surface area contributed by atoms with Gasteiger partial charge in [-0.25, -0.2) is 9.97 Å². The lowest BCUT2D eigenvalue weighted by atomic mass is 10.3. The van der Waals surface area contributed by atoms with Crippen LogP contribution in [-0.4, -0.2) is 20.2 Å². The molecule has 0 radical (unpaired) electrons. The molecule has 0 amide bonds. The minimum Gasteiger partial charge on any atom is -0.288 e. The van der Waals surface area contributed by atoms with Crippen LogP contribution in [0, 0.1) is 23.1 Å². The second-order valence-corrected chi connectivity index (χ2v) is 3.82. The summed E-state index contributed by atoms with van der Waals surface area (Å²) in [6.45, 7) is 3.80. The first-order valence-electron chi connectivity index (χ1n) is 4.05. The molecule has 0 bridgehead atoms. The van der Waals surface area contributed by atoms with E-state index in [2.05, 4.69) is 20.2 Å². The Labute approximate surface area is 90.4 Å². The van der Waals surface area contributed by atoms with Gasteiger partial charge in [0.15, 0.2) is 0 Å². The average molecular weight is 224 g/mol. The topological polar surface area (TPSA) is 57.4 Å². The summed E-state index contributed by atoms with van der Waals surface area (Å²) < 4.78 is 1.06. The second-order valence-electron chi connectivity index (χ2n) is 3.00. The van der Waals surface area contributed by atoms with E-state index in [0.717, 1.165) is 11.4 Å². The van der Waals surface area contributed by atoms with Crippen molar-refractivity contribution in [1.82, 2.24) is 20.2 Å². The lowest BCUT2D eigenvalue weighted by Crippen LogP contribution is -1.97. The summed E-state index contributed by atoms with van der Waals surface area (Å²) in [5.41, 5.74) is 3.06. The minimum atomic E-state index is 0.532. The van der Waals surface area contributed by atoms with Crippen molar-refractivity contribution in [2.24, 2.45) is 0 Å². The van der Waals surface area contributed by atoms with Crippen molar-refractivity contribution < 1.29 is 0 Å². The highest BCUT2D eigenvalue weighted by atomic mass is 32.1. The molecular formula is C8H8N4S2. The minimum absolute atomic E-state index is 0.532. The van der Waals surface area contributed by atoms with Crippen molar-refractivity contribution in [1.29, 1.82) is 0 Å². The number of hydrogen-bond acceptors (Lipinski definition) is 4. The molecule has 2 aromatic rings. The largest absolute Gasteiger partial charge is 0.288 e. The Balaban J connectivity index is 3.10. The van der Waals surface area contributed by atoms with Crippen molar-refractivity contribution in [2.45, 2.75) is 13.8 Å². The number of fused-ring (bicyclic) bond motifs is 1. The first kappa shape index (κ1) is 9.42. The summed E-state index contributed by atoms with van der Waals surface area (Å²) in [6, 6.07) is 0. The van der Waals surface area contributed by atoms with Crippen molar-refractivity contribution >= 4 is 35.5 Å². The Morgan fingerprint density at radius 3 is 1.57 bits per heavy atom. The molecule has 0 unspecified atom stereocenters. The van der Waals surface area contributed by atoms with Crippen molar-refractivity contribution in [3.05, 3.63) is 20.7 Å². The highest BCUT2D eigenvalue weighted by Gasteiger charge is 2.04. The van der Waals surface area contributed by atoms with E-state index in [1.54, 1.807) is 0 Å². The fraction of sp³-hybridized carbons (Fsp3) is 0.250. The predicted octanol–water partition coefficient (Wildman–Crippen LogP) is 2.36. The smallest absolute Gasteiger partial charge is 0.146 e. The van der Waals surface area contributed by atoms with Crippen molar-refractivity contribution in [2.75, 3.05) is 0 Å². The van der Waals surface area contributed by atoms with Crippen LogP contribution in [0.5, 0.6) is 0 Å². The SMILES string of the molecule is Cc1nc2c(=S)[nH][nH]c(=S)c2nc1C. The Morgan fingerprint density at radius 2 is 1.21 bits per heavy atom. The van der Waals surface area contributed by atoms with E-state index in [9.17, 15) is 0 Å². The van der Waals surface area contributed by atoms with Gasteiger partial charge in [-0.1, -0.05) is 24.4 Å². The van der Waals surface area contributed by atoms with Crippen molar-refractivity contribution in [3.8, 4) is 0 Å². The molecule has 2 rings (SSSR count). The Hall–Kier alpha value is -1.14. The van der Waals surface area contributed by atoms with Crippen LogP contribution in [0.4, 0.5) is 0 Å². The molecule has 0 saturated heterocycles. The Morgan fingerprint density at radius 1 is 0.857 bits per heavy atom. The summed E-state index contributed by atoms with van der Waals surface area (Å²) in [5.74, 6) is 0. The van der Waals surface area contributed by atoms with Gasteiger partial charge in [-0.3, -0.25) is 10.2 Å². The third-order valence-electron chi connectivity index (χ3n) is 2.03. The van der Waals surface area contributed by atoms with Gasteiger partial charge in [-0.15, -0.1) is 0 Å². The maximum atomic E-state index is 5.08. The van der Waals surface area contributed by atoms with Gasteiger partial charge in [0.05, 0.1) is 11.4 Å². The molecule has 0 saturated carbocycles. The molecule has 4 nitrogen and oxygen atoms in total. The summed E-state index contributed by atoms with van der Waals surface area (Å²) in [7, 11) is 0. The molecule has 0 aliphatic rings. The molecule has 0 aliphatic heterocycles. The number of rotatable bonds is 0. The summed E-state index contributed by atoms with van der Waals surface area (Å²) in [6.07, 6.45) is 0. The van der Waals surface area contributed by atoms with Crippen LogP contribution in [0.15, 0.2) is 0 Å². The first-order chi connectivity index (χ1) is 6.59. The monoisotopic (exact) mass is 224 g/mol. The number of nitrogens with one attached hydrogen (secondary N) is 2. The first-order valence-corrected chi connectivity index (χ1v) is 4.87. The van der Waals surface area contributed by atoms with E-state index < -0.39 is 0 Å². The van der Waals surface area contributed by atoms with Gasteiger partial charge in [0.1, 0.15) is 20.3 Å². The molecule has 14 heavy (non-hydrogen) atoms. The quantitative estimate of drug-likeness (QED) is 0.674. The van der Waals surface area contributed by atoms with Gasteiger partial charge in [0, 0.05) is 0 Å². The molecule has 0 spiro atoms. The van der Waals surface area contributed by atoms with E-state index in [0.29, 0.717) is 20.3 Å². The fourth-order valence-electron chi connectivity index (χ4n) is 1.15. The molecule has 0 atom stereocenters. The van der Waals surface area contributed by atoms with Gasteiger partial charge in [0.2, 0.25) is 0 Å². The van der Waals surface area contributed by atoms with Crippen molar-refractivity contribution in [3.63, 3.8) is 0 Å². The molecule has 2 aromatic heterocycles. The zero-order valence-electron chi connectivity index (χ0n) is 7.71. The van der Waals surface area contributed by atoms with E-state index in [-0.39, 0.29) is 0 Å². The van der Waals surface area contributed by atoms with Gasteiger partial charge < -0.3 is 0 Å².